The molecule has 0 saturated carbocycles. The first kappa shape index (κ1) is 16.8. The normalized spacial score (nSPS) is 15.8. The molecule has 6 nitrogen and oxygen atoms in total. The standard InChI is InChI=1S/C19H20N2O4/c1-3-24-18(22)14-8-10-15(11-9-14)20-19(23)21-12-13(2)25-17-7-5-4-6-16(17)21/h4-11,13H,3,12H2,1-2H3,(H,20,23)/t13-/m0/s1. The molecule has 1 aliphatic heterocycles. The molecule has 2 aromatic rings. The molecule has 130 valence electrons. The van der Waals surface area contributed by atoms with Gasteiger partial charge in [0, 0.05) is 5.69 Å². The van der Waals surface area contributed by atoms with Gasteiger partial charge < -0.3 is 14.8 Å². The lowest BCUT2D eigenvalue weighted by Crippen LogP contribution is -2.44. The lowest BCUT2D eigenvalue weighted by Gasteiger charge is -2.33. The molecule has 1 aliphatic rings. The largest absolute Gasteiger partial charge is 0.487 e. The summed E-state index contributed by atoms with van der Waals surface area (Å²) in [5.41, 5.74) is 1.79. The molecule has 0 fully saturated rings. The van der Waals surface area contributed by atoms with Gasteiger partial charge in [-0.05, 0) is 50.2 Å². The molecule has 0 saturated heterocycles. The summed E-state index contributed by atoms with van der Waals surface area (Å²) in [6.45, 7) is 4.47. The number of ether oxygens (including phenoxy) is 2. The van der Waals surface area contributed by atoms with Crippen molar-refractivity contribution in [2.75, 3.05) is 23.4 Å². The molecule has 2 aromatic carbocycles. The highest BCUT2D eigenvalue weighted by atomic mass is 16.5. The molecule has 0 spiro atoms. The number of rotatable bonds is 3. The fraction of sp³-hybridized carbons (Fsp3) is 0.263. The number of anilines is 2. The summed E-state index contributed by atoms with van der Waals surface area (Å²) < 4.78 is 10.7. The quantitative estimate of drug-likeness (QED) is 0.866. The first-order chi connectivity index (χ1) is 12.1. The Hall–Kier alpha value is -3.02. The number of amides is 2. The van der Waals surface area contributed by atoms with Crippen LogP contribution in [0.5, 0.6) is 5.75 Å². The van der Waals surface area contributed by atoms with Gasteiger partial charge in [0.05, 0.1) is 24.4 Å². The third-order valence-electron chi connectivity index (χ3n) is 3.82. The zero-order chi connectivity index (χ0) is 17.8. The van der Waals surface area contributed by atoms with Crippen molar-refractivity contribution >= 4 is 23.4 Å². The number of benzene rings is 2. The second kappa shape index (κ2) is 7.25. The Balaban J connectivity index is 1.73. The number of esters is 1. The molecule has 2 amide bonds. The van der Waals surface area contributed by atoms with Crippen LogP contribution >= 0.6 is 0 Å². The van der Waals surface area contributed by atoms with Crippen LogP contribution in [0.15, 0.2) is 48.5 Å². The van der Waals surface area contributed by atoms with E-state index in [0.717, 1.165) is 5.69 Å². The highest BCUT2D eigenvalue weighted by Crippen LogP contribution is 2.33. The molecular formula is C19H20N2O4. The molecule has 6 heteroatoms. The number of urea groups is 1. The van der Waals surface area contributed by atoms with E-state index < -0.39 is 0 Å². The van der Waals surface area contributed by atoms with Gasteiger partial charge in [-0.3, -0.25) is 4.90 Å². The van der Waals surface area contributed by atoms with Crippen LogP contribution in [0.1, 0.15) is 24.2 Å². The number of carbonyl (C=O) groups excluding carboxylic acids is 2. The first-order valence-corrected chi connectivity index (χ1v) is 8.20. The van der Waals surface area contributed by atoms with Gasteiger partial charge in [0.15, 0.2) is 0 Å². The van der Waals surface area contributed by atoms with E-state index in [9.17, 15) is 9.59 Å². The van der Waals surface area contributed by atoms with Crippen LogP contribution in [0.3, 0.4) is 0 Å². The van der Waals surface area contributed by atoms with Crippen molar-refractivity contribution in [3.8, 4) is 5.75 Å². The molecule has 1 atom stereocenters. The van der Waals surface area contributed by atoms with Crippen molar-refractivity contribution in [1.29, 1.82) is 0 Å². The van der Waals surface area contributed by atoms with Gasteiger partial charge in [0.1, 0.15) is 11.9 Å². The van der Waals surface area contributed by atoms with E-state index in [2.05, 4.69) is 5.32 Å². The molecule has 0 unspecified atom stereocenters. The van der Waals surface area contributed by atoms with Crippen LogP contribution in [0.25, 0.3) is 0 Å². The Kier molecular flexibility index (Phi) is 4.88. The minimum atomic E-state index is -0.378. The van der Waals surface area contributed by atoms with E-state index in [-0.39, 0.29) is 18.1 Å². The van der Waals surface area contributed by atoms with E-state index >= 15 is 0 Å². The van der Waals surface area contributed by atoms with Crippen LogP contribution in [0, 0.1) is 0 Å². The van der Waals surface area contributed by atoms with Crippen LogP contribution in [0.2, 0.25) is 0 Å². The second-order valence-electron chi connectivity index (χ2n) is 5.73. The summed E-state index contributed by atoms with van der Waals surface area (Å²) in [5, 5.41) is 2.85. The minimum Gasteiger partial charge on any atom is -0.487 e. The van der Waals surface area contributed by atoms with E-state index in [1.807, 2.05) is 31.2 Å². The summed E-state index contributed by atoms with van der Waals surface area (Å²) in [7, 11) is 0. The molecule has 0 aromatic heterocycles. The van der Waals surface area contributed by atoms with Crippen molar-refractivity contribution < 1.29 is 19.1 Å². The second-order valence-corrected chi connectivity index (χ2v) is 5.73. The average Bonchev–Trinajstić information content (AvgIpc) is 2.61. The first-order valence-electron chi connectivity index (χ1n) is 8.20. The molecule has 1 heterocycles. The summed E-state index contributed by atoms with van der Waals surface area (Å²) in [5.74, 6) is 0.311. The van der Waals surface area contributed by atoms with Crippen LogP contribution < -0.4 is 15.0 Å². The summed E-state index contributed by atoms with van der Waals surface area (Å²) >= 11 is 0. The topological polar surface area (TPSA) is 67.9 Å². The Morgan fingerprint density at radius 1 is 1.20 bits per heavy atom. The van der Waals surface area contributed by atoms with Crippen LogP contribution in [-0.4, -0.2) is 31.3 Å². The van der Waals surface area contributed by atoms with Gasteiger partial charge in [-0.1, -0.05) is 12.1 Å². The Bertz CT molecular complexity index is 773. The van der Waals surface area contributed by atoms with E-state index in [4.69, 9.17) is 9.47 Å². The predicted octanol–water partition coefficient (Wildman–Crippen LogP) is 3.68. The Labute approximate surface area is 146 Å². The molecule has 0 aliphatic carbocycles. The molecular weight excluding hydrogens is 320 g/mol. The van der Waals surface area contributed by atoms with Crippen molar-refractivity contribution in [3.05, 3.63) is 54.1 Å². The van der Waals surface area contributed by atoms with E-state index in [1.165, 1.54) is 0 Å². The van der Waals surface area contributed by atoms with Crippen molar-refractivity contribution in [1.82, 2.24) is 0 Å². The number of hydrogen-bond acceptors (Lipinski definition) is 4. The van der Waals surface area contributed by atoms with E-state index in [0.29, 0.717) is 30.2 Å². The summed E-state index contributed by atoms with van der Waals surface area (Å²) in [6.07, 6.45) is -0.0909. The van der Waals surface area contributed by atoms with Crippen molar-refractivity contribution in [3.63, 3.8) is 0 Å². The number of fused-ring (bicyclic) bond motifs is 1. The third kappa shape index (κ3) is 3.74. The summed E-state index contributed by atoms with van der Waals surface area (Å²) in [6, 6.07) is 13.8. The van der Waals surface area contributed by atoms with Gasteiger partial charge in [0.2, 0.25) is 0 Å². The van der Waals surface area contributed by atoms with E-state index in [1.54, 1.807) is 36.1 Å². The number of nitrogens with one attached hydrogen (secondary N) is 1. The maximum absolute atomic E-state index is 12.7. The average molecular weight is 340 g/mol. The molecule has 0 bridgehead atoms. The summed E-state index contributed by atoms with van der Waals surface area (Å²) in [4.78, 5) is 26.0. The van der Waals surface area contributed by atoms with Gasteiger partial charge >= 0.3 is 12.0 Å². The highest BCUT2D eigenvalue weighted by Gasteiger charge is 2.27. The molecule has 1 N–H and O–H groups in total. The van der Waals surface area contributed by atoms with Gasteiger partial charge in [-0.15, -0.1) is 0 Å². The predicted molar refractivity (Wildman–Crippen MR) is 95.3 cm³/mol. The lowest BCUT2D eigenvalue weighted by molar-refractivity contribution is 0.0526. The van der Waals surface area contributed by atoms with Crippen molar-refractivity contribution in [2.45, 2.75) is 20.0 Å². The number of hydrogen-bond donors (Lipinski definition) is 1. The fourth-order valence-electron chi connectivity index (χ4n) is 2.68. The van der Waals surface area contributed by atoms with Crippen LogP contribution in [0.4, 0.5) is 16.2 Å². The number of carbonyl (C=O) groups is 2. The molecule has 25 heavy (non-hydrogen) atoms. The maximum Gasteiger partial charge on any atom is 0.338 e. The minimum absolute atomic E-state index is 0.0909. The SMILES string of the molecule is CCOC(=O)c1ccc(NC(=O)N2C[C@H](C)Oc3ccccc32)cc1. The van der Waals surface area contributed by atoms with Gasteiger partial charge in [0.25, 0.3) is 0 Å². The van der Waals surface area contributed by atoms with Gasteiger partial charge in [-0.25, -0.2) is 9.59 Å². The van der Waals surface area contributed by atoms with Gasteiger partial charge in [-0.2, -0.15) is 0 Å². The Morgan fingerprint density at radius 3 is 2.64 bits per heavy atom. The van der Waals surface area contributed by atoms with Crippen molar-refractivity contribution in [2.24, 2.45) is 0 Å². The highest BCUT2D eigenvalue weighted by molar-refractivity contribution is 6.03. The maximum atomic E-state index is 12.7. The molecule has 0 radical (unpaired) electrons. The molecule has 3 rings (SSSR count). The smallest absolute Gasteiger partial charge is 0.338 e. The zero-order valence-electron chi connectivity index (χ0n) is 14.2. The number of para-hydroxylation sites is 2. The lowest BCUT2D eigenvalue weighted by atomic mass is 10.2. The fourth-order valence-corrected chi connectivity index (χ4v) is 2.68. The van der Waals surface area contributed by atoms with Crippen LogP contribution in [-0.2, 0) is 4.74 Å². The Morgan fingerprint density at radius 2 is 1.92 bits per heavy atom. The monoisotopic (exact) mass is 340 g/mol. The zero-order valence-corrected chi connectivity index (χ0v) is 14.2. The number of nitrogens with zero attached hydrogens (tertiary/aromatic N) is 1. The third-order valence-corrected chi connectivity index (χ3v) is 3.82.